The summed E-state index contributed by atoms with van der Waals surface area (Å²) in [5.41, 5.74) is 3.06. The van der Waals surface area contributed by atoms with Crippen molar-refractivity contribution in [3.8, 4) is 5.69 Å². The molecule has 130 valence electrons. The Morgan fingerprint density at radius 3 is 2.80 bits per heavy atom. The fourth-order valence-corrected chi connectivity index (χ4v) is 3.02. The average Bonchev–Trinajstić information content (AvgIpc) is 3.18. The lowest BCUT2D eigenvalue weighted by molar-refractivity contribution is -0.115. The Labute approximate surface area is 149 Å². The summed E-state index contributed by atoms with van der Waals surface area (Å²) < 4.78 is 6.59. The SMILES string of the molecule is Cc1ccc(C)c(-n2nnnc2S[C@H](C)C(=O)Nc2cc(C)on2)c1. The molecule has 0 saturated carbocycles. The van der Waals surface area contributed by atoms with Gasteiger partial charge in [0.25, 0.3) is 0 Å². The summed E-state index contributed by atoms with van der Waals surface area (Å²) >= 11 is 1.28. The van der Waals surface area contributed by atoms with Crippen molar-refractivity contribution < 1.29 is 9.32 Å². The lowest BCUT2D eigenvalue weighted by Crippen LogP contribution is -2.23. The van der Waals surface area contributed by atoms with Gasteiger partial charge in [-0.25, -0.2) is 0 Å². The minimum atomic E-state index is -0.410. The molecule has 0 radical (unpaired) electrons. The second-order valence-corrected chi connectivity index (χ2v) is 7.04. The number of benzene rings is 1. The monoisotopic (exact) mass is 358 g/mol. The van der Waals surface area contributed by atoms with Crippen LogP contribution >= 0.6 is 11.8 Å². The van der Waals surface area contributed by atoms with Gasteiger partial charge in [-0.3, -0.25) is 4.79 Å². The van der Waals surface area contributed by atoms with Gasteiger partial charge < -0.3 is 9.84 Å². The van der Waals surface area contributed by atoms with Crippen molar-refractivity contribution in [1.29, 1.82) is 0 Å². The number of amides is 1. The van der Waals surface area contributed by atoms with Gasteiger partial charge in [0, 0.05) is 6.07 Å². The van der Waals surface area contributed by atoms with Crippen LogP contribution in [0.4, 0.5) is 5.82 Å². The summed E-state index contributed by atoms with van der Waals surface area (Å²) in [5, 5.41) is 18.5. The predicted octanol–water partition coefficient (Wildman–Crippen LogP) is 2.69. The number of anilines is 1. The summed E-state index contributed by atoms with van der Waals surface area (Å²) in [4.78, 5) is 12.3. The van der Waals surface area contributed by atoms with Gasteiger partial charge in [0.15, 0.2) is 5.82 Å². The summed E-state index contributed by atoms with van der Waals surface area (Å²) in [5.74, 6) is 0.826. The van der Waals surface area contributed by atoms with Crippen LogP contribution in [0.2, 0.25) is 0 Å². The number of tetrazole rings is 1. The van der Waals surface area contributed by atoms with Crippen LogP contribution in [-0.2, 0) is 4.79 Å². The van der Waals surface area contributed by atoms with Gasteiger partial charge >= 0.3 is 0 Å². The maximum Gasteiger partial charge on any atom is 0.238 e. The molecular formula is C16H18N6O2S. The first kappa shape index (κ1) is 17.2. The molecule has 25 heavy (non-hydrogen) atoms. The maximum atomic E-state index is 12.3. The molecule has 0 aliphatic rings. The maximum absolute atomic E-state index is 12.3. The molecule has 1 atom stereocenters. The molecule has 8 nitrogen and oxygen atoms in total. The van der Waals surface area contributed by atoms with E-state index in [4.69, 9.17) is 4.52 Å². The number of aromatic nitrogens is 5. The first-order valence-corrected chi connectivity index (χ1v) is 8.59. The van der Waals surface area contributed by atoms with E-state index in [2.05, 4.69) is 26.0 Å². The van der Waals surface area contributed by atoms with Crippen molar-refractivity contribution in [2.75, 3.05) is 5.32 Å². The number of nitrogens with zero attached hydrogens (tertiary/aromatic N) is 5. The van der Waals surface area contributed by atoms with E-state index in [-0.39, 0.29) is 5.91 Å². The highest BCUT2D eigenvalue weighted by molar-refractivity contribution is 8.00. The lowest BCUT2D eigenvalue weighted by atomic mass is 10.1. The Morgan fingerprint density at radius 1 is 1.28 bits per heavy atom. The summed E-state index contributed by atoms with van der Waals surface area (Å²) in [7, 11) is 0. The molecule has 0 spiro atoms. The molecule has 0 aliphatic carbocycles. The van der Waals surface area contributed by atoms with Crippen LogP contribution < -0.4 is 5.32 Å². The summed E-state index contributed by atoms with van der Waals surface area (Å²) in [6.45, 7) is 7.55. The topological polar surface area (TPSA) is 98.7 Å². The number of hydrogen-bond donors (Lipinski definition) is 1. The second kappa shape index (κ2) is 7.06. The molecule has 3 rings (SSSR count). The Morgan fingerprint density at radius 2 is 2.08 bits per heavy atom. The van der Waals surface area contributed by atoms with Crippen LogP contribution in [0, 0.1) is 20.8 Å². The molecule has 1 aromatic carbocycles. The summed E-state index contributed by atoms with van der Waals surface area (Å²) in [6, 6.07) is 7.73. The largest absolute Gasteiger partial charge is 0.360 e. The lowest BCUT2D eigenvalue weighted by Gasteiger charge is -2.11. The molecule has 0 bridgehead atoms. The number of nitrogens with one attached hydrogen (secondary N) is 1. The zero-order chi connectivity index (χ0) is 18.0. The third-order valence-electron chi connectivity index (χ3n) is 3.56. The van der Waals surface area contributed by atoms with Crippen molar-refractivity contribution in [1.82, 2.24) is 25.4 Å². The minimum absolute atomic E-state index is 0.200. The van der Waals surface area contributed by atoms with Crippen LogP contribution in [0.25, 0.3) is 5.69 Å². The highest BCUT2D eigenvalue weighted by Crippen LogP contribution is 2.25. The molecule has 0 aliphatic heterocycles. The van der Waals surface area contributed by atoms with E-state index in [1.165, 1.54) is 11.8 Å². The molecule has 0 fully saturated rings. The molecule has 0 saturated heterocycles. The van der Waals surface area contributed by atoms with Crippen molar-refractivity contribution in [3.63, 3.8) is 0 Å². The first-order chi connectivity index (χ1) is 11.9. The Hall–Kier alpha value is -2.68. The van der Waals surface area contributed by atoms with Crippen molar-refractivity contribution >= 4 is 23.5 Å². The molecular weight excluding hydrogens is 340 g/mol. The fraction of sp³-hybridized carbons (Fsp3) is 0.312. The van der Waals surface area contributed by atoms with Crippen LogP contribution in [0.3, 0.4) is 0 Å². The van der Waals surface area contributed by atoms with Crippen LogP contribution in [0.1, 0.15) is 23.8 Å². The van der Waals surface area contributed by atoms with Gasteiger partial charge in [0.1, 0.15) is 5.76 Å². The number of rotatable bonds is 5. The van der Waals surface area contributed by atoms with E-state index in [0.29, 0.717) is 16.7 Å². The third-order valence-corrected chi connectivity index (χ3v) is 4.60. The normalized spacial score (nSPS) is 12.2. The number of aryl methyl sites for hydroxylation is 3. The number of carbonyl (C=O) groups excluding carboxylic acids is 1. The van der Waals surface area contributed by atoms with Crippen LogP contribution in [0.15, 0.2) is 33.9 Å². The van der Waals surface area contributed by atoms with Crippen LogP contribution in [-0.4, -0.2) is 36.5 Å². The van der Waals surface area contributed by atoms with E-state index in [9.17, 15) is 4.79 Å². The highest BCUT2D eigenvalue weighted by atomic mass is 32.2. The smallest absolute Gasteiger partial charge is 0.238 e. The third kappa shape index (κ3) is 3.87. The molecule has 2 heterocycles. The van der Waals surface area contributed by atoms with Gasteiger partial charge in [-0.2, -0.15) is 4.68 Å². The second-order valence-electron chi connectivity index (χ2n) is 5.74. The standard InChI is InChI=1S/C16H18N6O2S/c1-9-5-6-10(2)13(7-9)22-16(18-20-21-22)25-12(4)15(23)17-14-8-11(3)24-19-14/h5-8,12H,1-4H3,(H,17,19,23)/t12-/m1/s1. The van der Waals surface area contributed by atoms with Crippen LogP contribution in [0.5, 0.6) is 0 Å². The quantitative estimate of drug-likeness (QED) is 0.700. The van der Waals surface area contributed by atoms with E-state index in [1.807, 2.05) is 32.0 Å². The Kier molecular flexibility index (Phi) is 4.84. The van der Waals surface area contributed by atoms with Gasteiger partial charge in [-0.05, 0) is 55.3 Å². The molecule has 1 N–H and O–H groups in total. The van der Waals surface area contributed by atoms with Gasteiger partial charge in [0.2, 0.25) is 11.1 Å². The van der Waals surface area contributed by atoms with E-state index in [0.717, 1.165) is 16.8 Å². The first-order valence-electron chi connectivity index (χ1n) is 7.71. The van der Waals surface area contributed by atoms with E-state index in [1.54, 1.807) is 24.6 Å². The molecule has 2 aromatic heterocycles. The minimum Gasteiger partial charge on any atom is -0.360 e. The zero-order valence-electron chi connectivity index (χ0n) is 14.3. The zero-order valence-corrected chi connectivity index (χ0v) is 15.2. The van der Waals surface area contributed by atoms with Crippen molar-refractivity contribution in [2.45, 2.75) is 38.1 Å². The van der Waals surface area contributed by atoms with E-state index < -0.39 is 5.25 Å². The number of thioether (sulfide) groups is 1. The number of carbonyl (C=O) groups is 1. The average molecular weight is 358 g/mol. The molecule has 1 amide bonds. The predicted molar refractivity (Wildman–Crippen MR) is 93.8 cm³/mol. The number of hydrogen-bond acceptors (Lipinski definition) is 7. The van der Waals surface area contributed by atoms with Gasteiger partial charge in [-0.15, -0.1) is 5.10 Å². The van der Waals surface area contributed by atoms with Crippen molar-refractivity contribution in [3.05, 3.63) is 41.2 Å². The summed E-state index contributed by atoms with van der Waals surface area (Å²) in [6.07, 6.45) is 0. The Balaban J connectivity index is 1.76. The highest BCUT2D eigenvalue weighted by Gasteiger charge is 2.20. The van der Waals surface area contributed by atoms with Crippen molar-refractivity contribution in [2.24, 2.45) is 0 Å². The van der Waals surface area contributed by atoms with Gasteiger partial charge in [-0.1, -0.05) is 29.1 Å². The van der Waals surface area contributed by atoms with E-state index >= 15 is 0 Å². The molecule has 3 aromatic rings. The Bertz CT molecular complexity index is 904. The molecule has 9 heteroatoms. The van der Waals surface area contributed by atoms with Gasteiger partial charge in [0.05, 0.1) is 10.9 Å². The molecule has 0 unspecified atom stereocenters. The fourth-order valence-electron chi connectivity index (χ4n) is 2.22.